The normalized spacial score (nSPS) is 11.1. The number of hydrogen-bond donors (Lipinski definition) is 1. The lowest BCUT2D eigenvalue weighted by molar-refractivity contribution is 0.102. The fourth-order valence-electron chi connectivity index (χ4n) is 3.70. The smallest absolute Gasteiger partial charge is 0.264 e. The number of anilines is 2. The van der Waals surface area contributed by atoms with E-state index in [1.165, 1.54) is 47.0 Å². The minimum Gasteiger partial charge on any atom is -0.489 e. The molecule has 39 heavy (non-hydrogen) atoms. The number of sulfonamides is 1. The van der Waals surface area contributed by atoms with E-state index in [2.05, 4.69) is 15.3 Å². The summed E-state index contributed by atoms with van der Waals surface area (Å²) >= 11 is 1.28. The third kappa shape index (κ3) is 6.14. The minimum atomic E-state index is -3.85. The number of carbonyl (C=O) groups is 1. The molecule has 0 aliphatic rings. The number of nitrogens with zero attached hydrogens (tertiary/aromatic N) is 3. The van der Waals surface area contributed by atoms with Crippen LogP contribution in [0.15, 0.2) is 114 Å². The summed E-state index contributed by atoms with van der Waals surface area (Å²) in [5.41, 5.74) is 3.21. The van der Waals surface area contributed by atoms with Gasteiger partial charge in [-0.2, -0.15) is 0 Å². The van der Waals surface area contributed by atoms with E-state index in [1.807, 2.05) is 53.9 Å². The Morgan fingerprint density at radius 1 is 0.897 bits per heavy atom. The highest BCUT2D eigenvalue weighted by atomic mass is 32.2. The number of ether oxygens (including phenoxy) is 1. The number of thiazole rings is 1. The standard InChI is InChI=1S/C29H24N4O4S2/c1-33(23-12-14-24(15-13-23)37-19-21-7-3-2-4-8-21)39(35,36)25-16-10-22(11-17-25)28(34)32-29-31-27(20-38-29)26-9-5-6-18-30-26/h2-18,20H,19H2,1H3,(H,31,32,34). The average Bonchev–Trinajstić information content (AvgIpc) is 3.45. The number of amides is 1. The molecule has 0 unspecified atom stereocenters. The summed E-state index contributed by atoms with van der Waals surface area (Å²) in [4.78, 5) is 21.4. The predicted molar refractivity (Wildman–Crippen MR) is 153 cm³/mol. The maximum absolute atomic E-state index is 13.2. The summed E-state index contributed by atoms with van der Waals surface area (Å²) in [7, 11) is -2.36. The van der Waals surface area contributed by atoms with Crippen molar-refractivity contribution in [2.45, 2.75) is 11.5 Å². The number of rotatable bonds is 9. The number of carbonyl (C=O) groups excluding carboxylic acids is 1. The maximum atomic E-state index is 13.2. The van der Waals surface area contributed by atoms with Crippen molar-refractivity contribution in [3.8, 4) is 17.1 Å². The molecular weight excluding hydrogens is 532 g/mol. The summed E-state index contributed by atoms with van der Waals surface area (Å²) < 4.78 is 33.4. The van der Waals surface area contributed by atoms with E-state index in [1.54, 1.807) is 30.5 Å². The van der Waals surface area contributed by atoms with Gasteiger partial charge in [-0.05, 0) is 66.2 Å². The summed E-state index contributed by atoms with van der Waals surface area (Å²) in [6, 6.07) is 27.9. The van der Waals surface area contributed by atoms with Gasteiger partial charge in [-0.15, -0.1) is 11.3 Å². The van der Waals surface area contributed by atoms with Gasteiger partial charge in [0.25, 0.3) is 15.9 Å². The molecular formula is C29H24N4O4S2. The molecule has 2 aromatic heterocycles. The van der Waals surface area contributed by atoms with Crippen LogP contribution in [0, 0.1) is 0 Å². The Morgan fingerprint density at radius 2 is 1.62 bits per heavy atom. The predicted octanol–water partition coefficient (Wildman–Crippen LogP) is 5.86. The van der Waals surface area contributed by atoms with Crippen LogP contribution in [0.3, 0.4) is 0 Å². The number of pyridine rings is 1. The average molecular weight is 557 g/mol. The van der Waals surface area contributed by atoms with E-state index in [4.69, 9.17) is 4.74 Å². The second-order valence-corrected chi connectivity index (χ2v) is 11.3. The molecule has 1 amide bonds. The molecule has 0 bridgehead atoms. The molecule has 1 N–H and O–H groups in total. The third-order valence-electron chi connectivity index (χ3n) is 5.88. The topological polar surface area (TPSA) is 101 Å². The van der Waals surface area contributed by atoms with Crippen molar-refractivity contribution in [1.82, 2.24) is 9.97 Å². The van der Waals surface area contributed by atoms with Crippen LogP contribution in [0.2, 0.25) is 0 Å². The van der Waals surface area contributed by atoms with Gasteiger partial charge in [-0.25, -0.2) is 13.4 Å². The lowest BCUT2D eigenvalue weighted by Crippen LogP contribution is -2.26. The molecule has 2 heterocycles. The number of benzene rings is 3. The lowest BCUT2D eigenvalue weighted by atomic mass is 10.2. The molecule has 196 valence electrons. The van der Waals surface area contributed by atoms with Gasteiger partial charge in [0.2, 0.25) is 0 Å². The van der Waals surface area contributed by atoms with Gasteiger partial charge < -0.3 is 4.74 Å². The Balaban J connectivity index is 1.22. The van der Waals surface area contributed by atoms with Crippen LogP contribution in [0.1, 0.15) is 15.9 Å². The maximum Gasteiger partial charge on any atom is 0.264 e. The number of hydrogen-bond acceptors (Lipinski definition) is 7. The monoisotopic (exact) mass is 556 g/mol. The van der Waals surface area contributed by atoms with Crippen molar-refractivity contribution in [2.75, 3.05) is 16.7 Å². The first-order chi connectivity index (χ1) is 18.9. The summed E-state index contributed by atoms with van der Waals surface area (Å²) in [5, 5.41) is 4.99. The fraction of sp³-hybridized carbons (Fsp3) is 0.0690. The summed E-state index contributed by atoms with van der Waals surface area (Å²) in [6.45, 7) is 0.419. The van der Waals surface area contributed by atoms with E-state index in [-0.39, 0.29) is 10.8 Å². The molecule has 8 nitrogen and oxygen atoms in total. The van der Waals surface area contributed by atoms with E-state index in [0.717, 1.165) is 5.56 Å². The first-order valence-corrected chi connectivity index (χ1v) is 14.3. The largest absolute Gasteiger partial charge is 0.489 e. The third-order valence-corrected chi connectivity index (χ3v) is 8.43. The second kappa shape index (κ2) is 11.5. The molecule has 0 saturated heterocycles. The van der Waals surface area contributed by atoms with Crippen LogP contribution in [0.4, 0.5) is 10.8 Å². The highest BCUT2D eigenvalue weighted by Crippen LogP contribution is 2.26. The fourth-order valence-corrected chi connectivity index (χ4v) is 5.60. The van der Waals surface area contributed by atoms with Gasteiger partial charge in [-0.3, -0.25) is 19.4 Å². The molecule has 0 saturated carbocycles. The van der Waals surface area contributed by atoms with Crippen LogP contribution in [-0.4, -0.2) is 31.3 Å². The molecule has 10 heteroatoms. The van der Waals surface area contributed by atoms with Crippen LogP contribution >= 0.6 is 11.3 Å². The van der Waals surface area contributed by atoms with Crippen LogP contribution in [0.5, 0.6) is 5.75 Å². The highest BCUT2D eigenvalue weighted by Gasteiger charge is 2.22. The van der Waals surface area contributed by atoms with E-state index in [9.17, 15) is 13.2 Å². The number of aromatic nitrogens is 2. The molecule has 0 aliphatic heterocycles. The molecule has 0 radical (unpaired) electrons. The zero-order valence-electron chi connectivity index (χ0n) is 20.9. The Hall–Kier alpha value is -4.54. The van der Waals surface area contributed by atoms with Crippen LogP contribution in [-0.2, 0) is 16.6 Å². The number of nitrogens with one attached hydrogen (secondary N) is 1. The second-order valence-electron chi connectivity index (χ2n) is 8.47. The highest BCUT2D eigenvalue weighted by molar-refractivity contribution is 7.92. The zero-order chi connectivity index (χ0) is 27.2. The van der Waals surface area contributed by atoms with Crippen LogP contribution in [0.25, 0.3) is 11.4 Å². The SMILES string of the molecule is CN(c1ccc(OCc2ccccc2)cc1)S(=O)(=O)c1ccc(C(=O)Nc2nc(-c3ccccn3)cs2)cc1. The minimum absolute atomic E-state index is 0.0673. The van der Waals surface area contributed by atoms with Crippen LogP contribution < -0.4 is 14.4 Å². The van der Waals surface area contributed by atoms with Gasteiger partial charge in [-0.1, -0.05) is 36.4 Å². The van der Waals surface area contributed by atoms with E-state index >= 15 is 0 Å². The van der Waals surface area contributed by atoms with Gasteiger partial charge in [0.05, 0.1) is 16.3 Å². The van der Waals surface area contributed by atoms with Crippen molar-refractivity contribution in [1.29, 1.82) is 0 Å². The Labute approximate surface area is 230 Å². The molecule has 5 rings (SSSR count). The van der Waals surface area contributed by atoms with Crippen molar-refractivity contribution in [3.63, 3.8) is 0 Å². The Kier molecular flexibility index (Phi) is 7.67. The molecule has 0 atom stereocenters. The quantitative estimate of drug-likeness (QED) is 0.244. The van der Waals surface area contributed by atoms with Gasteiger partial charge in [0.1, 0.15) is 18.1 Å². The lowest BCUT2D eigenvalue weighted by Gasteiger charge is -2.20. The van der Waals surface area contributed by atoms with E-state index in [0.29, 0.717) is 40.1 Å². The Morgan fingerprint density at radius 3 is 2.31 bits per heavy atom. The van der Waals surface area contributed by atoms with Gasteiger partial charge >= 0.3 is 0 Å². The van der Waals surface area contributed by atoms with Gasteiger partial charge in [0.15, 0.2) is 5.13 Å². The molecule has 3 aromatic carbocycles. The molecule has 0 fully saturated rings. The van der Waals surface area contributed by atoms with Crippen molar-refractivity contribution >= 4 is 38.1 Å². The first kappa shape index (κ1) is 26.1. The summed E-state index contributed by atoms with van der Waals surface area (Å²) in [5.74, 6) is 0.247. The Bertz CT molecular complexity index is 1660. The van der Waals surface area contributed by atoms with Crippen molar-refractivity contribution in [2.24, 2.45) is 0 Å². The zero-order valence-corrected chi connectivity index (χ0v) is 22.5. The van der Waals surface area contributed by atoms with E-state index < -0.39 is 10.0 Å². The molecule has 0 aliphatic carbocycles. The van der Waals surface area contributed by atoms with Crippen molar-refractivity contribution < 1.29 is 17.9 Å². The molecule has 5 aromatic rings. The summed E-state index contributed by atoms with van der Waals surface area (Å²) in [6.07, 6.45) is 1.68. The molecule has 0 spiro atoms. The van der Waals surface area contributed by atoms with Crippen molar-refractivity contribution in [3.05, 3.63) is 120 Å². The first-order valence-electron chi connectivity index (χ1n) is 11.9. The van der Waals surface area contributed by atoms with Gasteiger partial charge in [0, 0.05) is 24.2 Å².